The molecule has 0 atom stereocenters. The highest BCUT2D eigenvalue weighted by Gasteiger charge is 2.19. The van der Waals surface area contributed by atoms with Crippen LogP contribution in [0.5, 0.6) is 0 Å². The molecule has 1 aliphatic heterocycles. The number of H-pyrrole nitrogens is 1. The van der Waals surface area contributed by atoms with Gasteiger partial charge in [0.25, 0.3) is 0 Å². The average molecular weight is 280 g/mol. The molecule has 4 rings (SSSR count). The van der Waals surface area contributed by atoms with Crippen molar-refractivity contribution in [1.82, 2.24) is 19.7 Å². The van der Waals surface area contributed by atoms with Gasteiger partial charge in [-0.05, 0) is 16.3 Å². The van der Waals surface area contributed by atoms with Gasteiger partial charge in [0, 0.05) is 19.6 Å². The van der Waals surface area contributed by atoms with Crippen molar-refractivity contribution in [3.63, 3.8) is 0 Å². The van der Waals surface area contributed by atoms with Gasteiger partial charge in [0.05, 0.1) is 6.54 Å². The zero-order valence-electron chi connectivity index (χ0n) is 11.6. The molecule has 0 fully saturated rings. The summed E-state index contributed by atoms with van der Waals surface area (Å²) in [5.74, 6) is 0.825. The van der Waals surface area contributed by atoms with Crippen molar-refractivity contribution in [3.05, 3.63) is 64.3 Å². The normalized spacial score (nSPS) is 15.2. The van der Waals surface area contributed by atoms with E-state index in [4.69, 9.17) is 0 Å². The second-order valence-corrected chi connectivity index (χ2v) is 5.45. The van der Waals surface area contributed by atoms with E-state index >= 15 is 0 Å². The molecular weight excluding hydrogens is 264 g/mol. The van der Waals surface area contributed by atoms with Crippen molar-refractivity contribution < 1.29 is 0 Å². The maximum absolute atomic E-state index is 11.5. The standard InChI is InChI=1S/C16H16N4O/c21-16-18-17-15-11-19(8-9-20(15)16)10-13-6-3-5-12-4-1-2-7-14(12)13/h1-7H,8-11H2,(H,18,21). The third kappa shape index (κ3) is 2.15. The number of fused-ring (bicyclic) bond motifs is 2. The Balaban J connectivity index is 1.63. The van der Waals surface area contributed by atoms with Gasteiger partial charge in [0.2, 0.25) is 0 Å². The number of nitrogens with one attached hydrogen (secondary N) is 1. The Morgan fingerprint density at radius 3 is 2.90 bits per heavy atom. The van der Waals surface area contributed by atoms with Gasteiger partial charge in [-0.25, -0.2) is 9.89 Å². The third-order valence-corrected chi connectivity index (χ3v) is 4.12. The molecule has 0 saturated heterocycles. The Kier molecular flexibility index (Phi) is 2.86. The number of hydrogen-bond donors (Lipinski definition) is 1. The lowest BCUT2D eigenvalue weighted by Crippen LogP contribution is -2.36. The van der Waals surface area contributed by atoms with Crippen molar-refractivity contribution >= 4 is 10.8 Å². The molecule has 5 heteroatoms. The number of aromatic amines is 1. The molecule has 0 unspecified atom stereocenters. The van der Waals surface area contributed by atoms with Gasteiger partial charge in [-0.2, -0.15) is 5.10 Å². The molecule has 2 heterocycles. The van der Waals surface area contributed by atoms with E-state index in [0.29, 0.717) is 13.1 Å². The highest BCUT2D eigenvalue weighted by atomic mass is 16.1. The summed E-state index contributed by atoms with van der Waals surface area (Å²) in [6.07, 6.45) is 0. The number of aromatic nitrogens is 3. The van der Waals surface area contributed by atoms with Gasteiger partial charge >= 0.3 is 5.69 Å². The SMILES string of the molecule is O=c1[nH]nc2n1CCN(Cc1cccc3ccccc13)C2. The van der Waals surface area contributed by atoms with E-state index in [9.17, 15) is 4.79 Å². The molecule has 21 heavy (non-hydrogen) atoms. The summed E-state index contributed by atoms with van der Waals surface area (Å²) < 4.78 is 1.72. The molecule has 0 aliphatic carbocycles. The van der Waals surface area contributed by atoms with Crippen molar-refractivity contribution in [1.29, 1.82) is 0 Å². The van der Waals surface area contributed by atoms with Gasteiger partial charge in [0.1, 0.15) is 5.82 Å². The largest absolute Gasteiger partial charge is 0.343 e. The summed E-state index contributed by atoms with van der Waals surface area (Å²) in [6.45, 7) is 3.16. The highest BCUT2D eigenvalue weighted by Crippen LogP contribution is 2.21. The monoisotopic (exact) mass is 280 g/mol. The van der Waals surface area contributed by atoms with Crippen LogP contribution in [0, 0.1) is 0 Å². The van der Waals surface area contributed by atoms with Crippen LogP contribution in [0.1, 0.15) is 11.4 Å². The minimum Gasteiger partial charge on any atom is -0.290 e. The molecule has 0 spiro atoms. The van der Waals surface area contributed by atoms with Gasteiger partial charge in [0.15, 0.2) is 0 Å². The van der Waals surface area contributed by atoms with Gasteiger partial charge in [-0.15, -0.1) is 0 Å². The lowest BCUT2D eigenvalue weighted by Gasteiger charge is -2.27. The van der Waals surface area contributed by atoms with Crippen molar-refractivity contribution in [2.24, 2.45) is 0 Å². The molecule has 106 valence electrons. The summed E-state index contributed by atoms with van der Waals surface area (Å²) in [7, 11) is 0. The van der Waals surface area contributed by atoms with Gasteiger partial charge in [-0.3, -0.25) is 9.47 Å². The predicted octanol–water partition coefficient (Wildman–Crippen LogP) is 1.74. The van der Waals surface area contributed by atoms with Crippen LogP contribution in [0.4, 0.5) is 0 Å². The van der Waals surface area contributed by atoms with E-state index in [1.165, 1.54) is 16.3 Å². The second-order valence-electron chi connectivity index (χ2n) is 5.45. The van der Waals surface area contributed by atoms with E-state index in [1.54, 1.807) is 4.57 Å². The van der Waals surface area contributed by atoms with Crippen molar-refractivity contribution in [2.75, 3.05) is 6.54 Å². The highest BCUT2D eigenvalue weighted by molar-refractivity contribution is 5.85. The fourth-order valence-corrected chi connectivity index (χ4v) is 3.03. The van der Waals surface area contributed by atoms with Gasteiger partial charge in [-0.1, -0.05) is 42.5 Å². The Bertz CT molecular complexity index is 843. The van der Waals surface area contributed by atoms with Crippen LogP contribution in [0.25, 0.3) is 10.8 Å². The first-order chi connectivity index (χ1) is 10.3. The average Bonchev–Trinajstić information content (AvgIpc) is 2.89. The smallest absolute Gasteiger partial charge is 0.290 e. The summed E-state index contributed by atoms with van der Waals surface area (Å²) in [6, 6.07) is 14.9. The summed E-state index contributed by atoms with van der Waals surface area (Å²) in [5, 5.41) is 9.18. The first-order valence-electron chi connectivity index (χ1n) is 7.14. The van der Waals surface area contributed by atoms with E-state index in [-0.39, 0.29) is 5.69 Å². The number of nitrogens with zero attached hydrogens (tertiary/aromatic N) is 3. The maximum Gasteiger partial charge on any atom is 0.343 e. The minimum atomic E-state index is -0.102. The zero-order valence-corrected chi connectivity index (χ0v) is 11.6. The molecule has 1 aromatic heterocycles. The van der Waals surface area contributed by atoms with Crippen LogP contribution in [-0.2, 0) is 19.6 Å². The third-order valence-electron chi connectivity index (χ3n) is 4.12. The molecular formula is C16H16N4O. The Morgan fingerprint density at radius 1 is 1.10 bits per heavy atom. The minimum absolute atomic E-state index is 0.102. The lowest BCUT2D eigenvalue weighted by atomic mass is 10.0. The van der Waals surface area contributed by atoms with E-state index in [1.807, 2.05) is 0 Å². The molecule has 1 aliphatic rings. The van der Waals surface area contributed by atoms with Crippen molar-refractivity contribution in [3.8, 4) is 0 Å². The number of benzene rings is 2. The number of hydrogen-bond acceptors (Lipinski definition) is 3. The van der Waals surface area contributed by atoms with E-state index < -0.39 is 0 Å². The van der Waals surface area contributed by atoms with Crippen LogP contribution in [0.15, 0.2) is 47.3 Å². The zero-order chi connectivity index (χ0) is 14.2. The first-order valence-corrected chi connectivity index (χ1v) is 7.14. The van der Waals surface area contributed by atoms with E-state index in [0.717, 1.165) is 18.9 Å². The topological polar surface area (TPSA) is 53.9 Å². The quantitative estimate of drug-likeness (QED) is 0.778. The van der Waals surface area contributed by atoms with Gasteiger partial charge < -0.3 is 0 Å². The Hall–Kier alpha value is -2.40. The van der Waals surface area contributed by atoms with Crippen LogP contribution < -0.4 is 5.69 Å². The van der Waals surface area contributed by atoms with Crippen LogP contribution in [0.2, 0.25) is 0 Å². The molecule has 2 aromatic carbocycles. The van der Waals surface area contributed by atoms with Crippen LogP contribution >= 0.6 is 0 Å². The maximum atomic E-state index is 11.5. The molecule has 0 radical (unpaired) electrons. The fourth-order valence-electron chi connectivity index (χ4n) is 3.03. The second kappa shape index (κ2) is 4.86. The molecule has 0 amide bonds. The number of rotatable bonds is 2. The Morgan fingerprint density at radius 2 is 1.95 bits per heavy atom. The predicted molar refractivity (Wildman–Crippen MR) is 80.9 cm³/mol. The summed E-state index contributed by atoms with van der Waals surface area (Å²) in [4.78, 5) is 13.9. The lowest BCUT2D eigenvalue weighted by molar-refractivity contribution is 0.208. The molecule has 0 bridgehead atoms. The summed E-state index contributed by atoms with van der Waals surface area (Å²) in [5.41, 5.74) is 1.22. The molecule has 3 aromatic rings. The van der Waals surface area contributed by atoms with Crippen molar-refractivity contribution in [2.45, 2.75) is 19.6 Å². The molecule has 5 nitrogen and oxygen atoms in total. The Labute approximate surface area is 121 Å². The van der Waals surface area contributed by atoms with Crippen LogP contribution in [0.3, 0.4) is 0 Å². The molecule has 1 N–H and O–H groups in total. The summed E-state index contributed by atoms with van der Waals surface area (Å²) >= 11 is 0. The fraction of sp³-hybridized carbons (Fsp3) is 0.250. The van der Waals surface area contributed by atoms with E-state index in [2.05, 4.69) is 57.6 Å². The molecule has 0 saturated carbocycles. The van der Waals surface area contributed by atoms with Crippen LogP contribution in [-0.4, -0.2) is 26.2 Å². The first kappa shape index (κ1) is 12.3.